The second-order valence-corrected chi connectivity index (χ2v) is 7.63. The van der Waals surface area contributed by atoms with Crippen molar-refractivity contribution in [3.63, 3.8) is 0 Å². The molecule has 0 atom stereocenters. The van der Waals surface area contributed by atoms with Gasteiger partial charge < -0.3 is 10.2 Å². The van der Waals surface area contributed by atoms with Gasteiger partial charge in [-0.1, -0.05) is 44.2 Å². The van der Waals surface area contributed by atoms with Crippen molar-refractivity contribution in [3.8, 4) is 11.3 Å². The Morgan fingerprint density at radius 1 is 1.11 bits per heavy atom. The van der Waals surface area contributed by atoms with Crippen molar-refractivity contribution in [3.05, 3.63) is 65.8 Å². The summed E-state index contributed by atoms with van der Waals surface area (Å²) in [6.45, 7) is 4.48. The zero-order chi connectivity index (χ0) is 19.9. The molecule has 0 saturated carbocycles. The van der Waals surface area contributed by atoms with Crippen LogP contribution in [-0.2, 0) is 4.79 Å². The van der Waals surface area contributed by atoms with Gasteiger partial charge in [0.05, 0.1) is 5.69 Å². The van der Waals surface area contributed by atoms with Gasteiger partial charge in [-0.2, -0.15) is 0 Å². The predicted octanol–water partition coefficient (Wildman–Crippen LogP) is 3.94. The van der Waals surface area contributed by atoms with E-state index in [0.29, 0.717) is 17.2 Å². The topological polar surface area (TPSA) is 75.2 Å². The number of nitrogens with zero attached hydrogens (tertiary/aromatic N) is 3. The number of aromatic nitrogens is 2. The lowest BCUT2D eigenvalue weighted by atomic mass is 10.1. The molecular formula is C21H22N4O2S. The molecule has 3 aromatic rings. The summed E-state index contributed by atoms with van der Waals surface area (Å²) in [6.07, 6.45) is 3.14. The van der Waals surface area contributed by atoms with E-state index in [9.17, 15) is 9.59 Å². The first kappa shape index (κ1) is 19.7. The highest BCUT2D eigenvalue weighted by atomic mass is 32.1. The Morgan fingerprint density at radius 2 is 1.82 bits per heavy atom. The molecule has 2 amide bonds. The van der Waals surface area contributed by atoms with E-state index in [-0.39, 0.29) is 24.3 Å². The first-order valence-corrected chi connectivity index (χ1v) is 9.91. The Morgan fingerprint density at radius 3 is 2.50 bits per heavy atom. The highest BCUT2D eigenvalue weighted by Gasteiger charge is 2.20. The maximum absolute atomic E-state index is 12.8. The molecule has 2 aromatic heterocycles. The molecule has 0 bridgehead atoms. The zero-order valence-corrected chi connectivity index (χ0v) is 16.6. The summed E-state index contributed by atoms with van der Waals surface area (Å²) in [5.74, 6) is -0.212. The van der Waals surface area contributed by atoms with Crippen LogP contribution in [0.2, 0.25) is 0 Å². The Hall–Kier alpha value is -3.06. The fraction of sp³-hybridized carbons (Fsp3) is 0.238. The molecule has 3 rings (SSSR count). The molecule has 0 saturated heterocycles. The van der Waals surface area contributed by atoms with Crippen molar-refractivity contribution in [2.75, 3.05) is 18.4 Å². The molecule has 144 valence electrons. The van der Waals surface area contributed by atoms with E-state index < -0.39 is 0 Å². The number of amides is 2. The highest BCUT2D eigenvalue weighted by Crippen LogP contribution is 2.24. The summed E-state index contributed by atoms with van der Waals surface area (Å²) < 4.78 is 0. The van der Waals surface area contributed by atoms with E-state index >= 15 is 0 Å². The molecule has 0 aliphatic carbocycles. The van der Waals surface area contributed by atoms with Crippen LogP contribution in [0.5, 0.6) is 0 Å². The van der Waals surface area contributed by atoms with E-state index in [1.165, 1.54) is 11.3 Å². The summed E-state index contributed by atoms with van der Waals surface area (Å²) in [5, 5.41) is 5.22. The highest BCUT2D eigenvalue weighted by molar-refractivity contribution is 7.14. The molecule has 0 radical (unpaired) electrons. The van der Waals surface area contributed by atoms with Gasteiger partial charge in [-0.25, -0.2) is 4.98 Å². The predicted molar refractivity (Wildman–Crippen MR) is 111 cm³/mol. The smallest absolute Gasteiger partial charge is 0.254 e. The molecule has 0 aliphatic rings. The molecule has 1 N–H and O–H groups in total. The van der Waals surface area contributed by atoms with Crippen LogP contribution in [0.3, 0.4) is 0 Å². The van der Waals surface area contributed by atoms with Gasteiger partial charge >= 0.3 is 0 Å². The van der Waals surface area contributed by atoms with Crippen molar-refractivity contribution in [1.82, 2.24) is 14.9 Å². The molecule has 0 unspecified atom stereocenters. The van der Waals surface area contributed by atoms with E-state index in [4.69, 9.17) is 0 Å². The maximum Gasteiger partial charge on any atom is 0.254 e. The number of hydrogen-bond donors (Lipinski definition) is 1. The van der Waals surface area contributed by atoms with Gasteiger partial charge in [0.1, 0.15) is 6.54 Å². The summed E-state index contributed by atoms with van der Waals surface area (Å²) in [5.41, 5.74) is 2.32. The van der Waals surface area contributed by atoms with Gasteiger partial charge in [0.15, 0.2) is 5.13 Å². The summed E-state index contributed by atoms with van der Waals surface area (Å²) in [4.78, 5) is 35.3. The number of benzene rings is 1. The number of pyridine rings is 1. The third kappa shape index (κ3) is 5.23. The Labute approximate surface area is 168 Å². The van der Waals surface area contributed by atoms with E-state index in [1.54, 1.807) is 29.4 Å². The number of rotatable bonds is 7. The fourth-order valence-corrected chi connectivity index (χ4v) is 3.48. The van der Waals surface area contributed by atoms with Crippen LogP contribution in [0.15, 0.2) is 60.2 Å². The Kier molecular flexibility index (Phi) is 6.49. The number of nitrogens with one attached hydrogen (secondary N) is 1. The largest absolute Gasteiger partial charge is 0.329 e. The minimum Gasteiger partial charge on any atom is -0.329 e. The van der Waals surface area contributed by atoms with Gasteiger partial charge in [0.2, 0.25) is 5.91 Å². The van der Waals surface area contributed by atoms with Gasteiger partial charge in [-0.3, -0.25) is 14.6 Å². The monoisotopic (exact) mass is 394 g/mol. The van der Waals surface area contributed by atoms with E-state index in [2.05, 4.69) is 15.3 Å². The molecule has 0 aliphatic heterocycles. The second-order valence-electron chi connectivity index (χ2n) is 6.77. The molecule has 7 heteroatoms. The molecular weight excluding hydrogens is 372 g/mol. The van der Waals surface area contributed by atoms with Gasteiger partial charge in [-0.05, 0) is 18.1 Å². The molecule has 1 aromatic carbocycles. The Balaban J connectivity index is 1.67. The second kappa shape index (κ2) is 9.23. The molecule has 0 spiro atoms. The van der Waals surface area contributed by atoms with Gasteiger partial charge in [0.25, 0.3) is 5.91 Å². The minimum absolute atomic E-state index is 0.0282. The molecule has 0 fully saturated rings. The van der Waals surface area contributed by atoms with Crippen molar-refractivity contribution >= 4 is 28.3 Å². The molecule has 2 heterocycles. The minimum atomic E-state index is -0.267. The van der Waals surface area contributed by atoms with Crippen molar-refractivity contribution < 1.29 is 9.59 Å². The number of thiazole rings is 1. The summed E-state index contributed by atoms with van der Waals surface area (Å²) in [6, 6.07) is 13.1. The lowest BCUT2D eigenvalue weighted by Gasteiger charge is -2.24. The quantitative estimate of drug-likeness (QED) is 0.659. The SMILES string of the molecule is CC(C)CN(CC(=O)Nc1nc(-c2ccccc2)cs1)C(=O)c1ccncc1. The van der Waals surface area contributed by atoms with Gasteiger partial charge in [-0.15, -0.1) is 11.3 Å². The van der Waals surface area contributed by atoms with Crippen LogP contribution in [0, 0.1) is 5.92 Å². The van der Waals surface area contributed by atoms with E-state index in [0.717, 1.165) is 11.3 Å². The first-order chi connectivity index (χ1) is 13.5. The van der Waals surface area contributed by atoms with Crippen molar-refractivity contribution in [1.29, 1.82) is 0 Å². The fourth-order valence-electron chi connectivity index (χ4n) is 2.74. The van der Waals surface area contributed by atoms with Crippen LogP contribution in [0.1, 0.15) is 24.2 Å². The average Bonchev–Trinajstić information content (AvgIpc) is 3.16. The maximum atomic E-state index is 12.8. The van der Waals surface area contributed by atoms with Crippen LogP contribution in [0.25, 0.3) is 11.3 Å². The lowest BCUT2D eigenvalue weighted by Crippen LogP contribution is -2.40. The standard InChI is InChI=1S/C21H22N4O2S/c1-15(2)12-25(20(27)17-8-10-22-11-9-17)13-19(26)24-21-23-18(14-28-21)16-6-4-3-5-7-16/h3-11,14-15H,12-13H2,1-2H3,(H,23,24,26). The number of anilines is 1. The van der Waals surface area contributed by atoms with Crippen LogP contribution in [0.4, 0.5) is 5.13 Å². The lowest BCUT2D eigenvalue weighted by molar-refractivity contribution is -0.117. The van der Waals surface area contributed by atoms with Crippen LogP contribution < -0.4 is 5.32 Å². The third-order valence-electron chi connectivity index (χ3n) is 3.95. The zero-order valence-electron chi connectivity index (χ0n) is 15.8. The number of carbonyl (C=O) groups excluding carboxylic acids is 2. The molecule has 28 heavy (non-hydrogen) atoms. The van der Waals surface area contributed by atoms with Crippen molar-refractivity contribution in [2.45, 2.75) is 13.8 Å². The normalized spacial score (nSPS) is 10.7. The summed E-state index contributed by atoms with van der Waals surface area (Å²) >= 11 is 1.36. The van der Waals surface area contributed by atoms with Crippen LogP contribution >= 0.6 is 11.3 Å². The average molecular weight is 395 g/mol. The molecule has 6 nitrogen and oxygen atoms in total. The first-order valence-electron chi connectivity index (χ1n) is 9.03. The van der Waals surface area contributed by atoms with Crippen LogP contribution in [-0.4, -0.2) is 39.8 Å². The summed E-state index contributed by atoms with van der Waals surface area (Å²) in [7, 11) is 0. The number of hydrogen-bond acceptors (Lipinski definition) is 5. The number of carbonyl (C=O) groups is 2. The Bertz CT molecular complexity index is 926. The van der Waals surface area contributed by atoms with Crippen molar-refractivity contribution in [2.24, 2.45) is 5.92 Å². The third-order valence-corrected chi connectivity index (χ3v) is 4.71. The van der Waals surface area contributed by atoms with E-state index in [1.807, 2.05) is 49.6 Å². The van der Waals surface area contributed by atoms with Gasteiger partial charge in [0, 0.05) is 35.4 Å².